The smallest absolute Gasteiger partial charge is 0.152 e. The Bertz CT molecular complexity index is 768. The summed E-state index contributed by atoms with van der Waals surface area (Å²) >= 11 is 6.13. The van der Waals surface area contributed by atoms with Gasteiger partial charge in [-0.05, 0) is 41.8 Å². The van der Waals surface area contributed by atoms with Gasteiger partial charge in [0.1, 0.15) is 12.4 Å². The average Bonchev–Trinajstić information content (AvgIpc) is 2.61. The third kappa shape index (κ3) is 4.27. The van der Waals surface area contributed by atoms with Crippen LogP contribution in [0.1, 0.15) is 16.7 Å². The van der Waals surface area contributed by atoms with Gasteiger partial charge in [-0.2, -0.15) is 0 Å². The summed E-state index contributed by atoms with van der Waals surface area (Å²) in [6.45, 7) is 3.27. The van der Waals surface area contributed by atoms with Crippen LogP contribution in [0.5, 0.6) is 5.75 Å². The molecule has 0 aliphatic carbocycles. The molecule has 0 saturated heterocycles. The molecular weight excluding hydrogens is 320 g/mol. The number of nitrogens with one attached hydrogen (secondary N) is 1. The molecule has 0 amide bonds. The first kappa shape index (κ1) is 16.3. The van der Waals surface area contributed by atoms with E-state index in [-0.39, 0.29) is 0 Å². The van der Waals surface area contributed by atoms with Gasteiger partial charge in [-0.15, -0.1) is 0 Å². The Morgan fingerprint density at radius 3 is 2.42 bits per heavy atom. The highest BCUT2D eigenvalue weighted by Crippen LogP contribution is 2.23. The van der Waals surface area contributed by atoms with Crippen LogP contribution in [0.15, 0.2) is 66.9 Å². The summed E-state index contributed by atoms with van der Waals surface area (Å²) < 4.78 is 5.80. The van der Waals surface area contributed by atoms with Crippen LogP contribution < -0.4 is 10.1 Å². The predicted molar refractivity (Wildman–Crippen MR) is 98.5 cm³/mol. The third-order valence-corrected chi connectivity index (χ3v) is 4.04. The minimum absolute atomic E-state index is 0.498. The van der Waals surface area contributed by atoms with E-state index in [2.05, 4.69) is 22.4 Å². The fraction of sp³-hybridized carbons (Fsp3) is 0.150. The van der Waals surface area contributed by atoms with Crippen LogP contribution in [0.3, 0.4) is 0 Å². The number of pyridine rings is 1. The van der Waals surface area contributed by atoms with Gasteiger partial charge in [0.15, 0.2) is 5.15 Å². The van der Waals surface area contributed by atoms with Gasteiger partial charge in [0.2, 0.25) is 0 Å². The van der Waals surface area contributed by atoms with Gasteiger partial charge >= 0.3 is 0 Å². The molecule has 24 heavy (non-hydrogen) atoms. The van der Waals surface area contributed by atoms with Crippen LogP contribution in [0.2, 0.25) is 5.15 Å². The molecule has 3 rings (SSSR count). The van der Waals surface area contributed by atoms with Gasteiger partial charge < -0.3 is 10.1 Å². The lowest BCUT2D eigenvalue weighted by atomic mass is 10.2. The molecule has 0 aliphatic rings. The second-order valence-electron chi connectivity index (χ2n) is 5.57. The first-order valence-electron chi connectivity index (χ1n) is 7.83. The predicted octanol–water partition coefficient (Wildman–Crippen LogP) is 5.23. The fourth-order valence-electron chi connectivity index (χ4n) is 2.37. The van der Waals surface area contributed by atoms with E-state index < -0.39 is 0 Å². The summed E-state index contributed by atoms with van der Waals surface area (Å²) in [6.07, 6.45) is 1.71. The zero-order chi connectivity index (χ0) is 16.8. The number of rotatable bonds is 6. The second kappa shape index (κ2) is 7.84. The number of anilines is 1. The molecule has 0 unspecified atom stereocenters. The summed E-state index contributed by atoms with van der Waals surface area (Å²) in [7, 11) is 0. The zero-order valence-corrected chi connectivity index (χ0v) is 14.3. The van der Waals surface area contributed by atoms with Crippen LogP contribution in [-0.4, -0.2) is 4.98 Å². The first-order valence-corrected chi connectivity index (χ1v) is 8.21. The van der Waals surface area contributed by atoms with Crippen molar-refractivity contribution in [1.29, 1.82) is 0 Å². The number of hydrogen-bond acceptors (Lipinski definition) is 3. The highest BCUT2D eigenvalue weighted by atomic mass is 35.5. The minimum atomic E-state index is 0.498. The monoisotopic (exact) mass is 338 g/mol. The van der Waals surface area contributed by atoms with E-state index in [0.717, 1.165) is 28.1 Å². The van der Waals surface area contributed by atoms with Crippen molar-refractivity contribution < 1.29 is 4.74 Å². The number of nitrogens with zero attached hydrogens (tertiary/aromatic N) is 1. The molecule has 1 aromatic heterocycles. The topological polar surface area (TPSA) is 34.2 Å². The minimum Gasteiger partial charge on any atom is -0.489 e. The molecular formula is C20H19ClN2O. The molecule has 3 nitrogen and oxygen atoms in total. The van der Waals surface area contributed by atoms with Crippen molar-refractivity contribution in [2.24, 2.45) is 0 Å². The number of aryl methyl sites for hydroxylation is 1. The Morgan fingerprint density at radius 1 is 0.958 bits per heavy atom. The number of hydrogen-bond donors (Lipinski definition) is 1. The van der Waals surface area contributed by atoms with Crippen LogP contribution in [0, 0.1) is 6.92 Å². The van der Waals surface area contributed by atoms with Crippen molar-refractivity contribution >= 4 is 17.3 Å². The molecule has 122 valence electrons. The van der Waals surface area contributed by atoms with Crippen molar-refractivity contribution in [3.63, 3.8) is 0 Å². The van der Waals surface area contributed by atoms with E-state index in [1.54, 1.807) is 6.20 Å². The molecule has 4 heteroatoms. The maximum absolute atomic E-state index is 6.13. The van der Waals surface area contributed by atoms with E-state index in [1.165, 1.54) is 0 Å². The number of ether oxygens (including phenoxy) is 1. The summed E-state index contributed by atoms with van der Waals surface area (Å²) in [5.74, 6) is 0.859. The number of halogens is 1. The van der Waals surface area contributed by atoms with E-state index in [9.17, 15) is 0 Å². The van der Waals surface area contributed by atoms with Crippen molar-refractivity contribution in [1.82, 2.24) is 4.98 Å². The van der Waals surface area contributed by atoms with E-state index in [0.29, 0.717) is 18.3 Å². The van der Waals surface area contributed by atoms with Crippen molar-refractivity contribution in [2.75, 3.05) is 5.32 Å². The molecule has 0 aliphatic heterocycles. The lowest BCUT2D eigenvalue weighted by molar-refractivity contribution is 0.306. The molecule has 0 spiro atoms. The van der Waals surface area contributed by atoms with E-state index in [1.807, 2.05) is 55.5 Å². The molecule has 2 aromatic carbocycles. The van der Waals surface area contributed by atoms with Crippen LogP contribution in [-0.2, 0) is 13.2 Å². The van der Waals surface area contributed by atoms with Crippen LogP contribution in [0.25, 0.3) is 0 Å². The van der Waals surface area contributed by atoms with E-state index >= 15 is 0 Å². The first-order chi connectivity index (χ1) is 11.7. The Balaban J connectivity index is 1.57. The lowest BCUT2D eigenvalue weighted by Crippen LogP contribution is -2.02. The molecule has 1 N–H and O–H groups in total. The van der Waals surface area contributed by atoms with Gasteiger partial charge in [0.25, 0.3) is 0 Å². The Kier molecular flexibility index (Phi) is 5.34. The highest BCUT2D eigenvalue weighted by Gasteiger charge is 2.04. The normalized spacial score (nSPS) is 10.4. The summed E-state index contributed by atoms with van der Waals surface area (Å²) in [5, 5.41) is 3.84. The molecule has 0 saturated carbocycles. The summed E-state index contributed by atoms with van der Waals surface area (Å²) in [4.78, 5) is 4.10. The molecule has 0 fully saturated rings. The van der Waals surface area contributed by atoms with Crippen molar-refractivity contribution in [3.8, 4) is 5.75 Å². The van der Waals surface area contributed by atoms with Gasteiger partial charge in [-0.3, -0.25) is 0 Å². The van der Waals surface area contributed by atoms with Crippen molar-refractivity contribution in [2.45, 2.75) is 20.1 Å². The van der Waals surface area contributed by atoms with Gasteiger partial charge in [0.05, 0.1) is 5.69 Å². The molecule has 1 heterocycles. The highest BCUT2D eigenvalue weighted by molar-refractivity contribution is 6.32. The molecule has 0 atom stereocenters. The maximum Gasteiger partial charge on any atom is 0.152 e. The number of aromatic nitrogens is 1. The Labute approximate surface area is 147 Å². The average molecular weight is 339 g/mol. The summed E-state index contributed by atoms with van der Waals surface area (Å²) in [6, 6.07) is 20.1. The lowest BCUT2D eigenvalue weighted by Gasteiger charge is -2.11. The van der Waals surface area contributed by atoms with Gasteiger partial charge in [0, 0.05) is 12.7 Å². The maximum atomic E-state index is 6.13. The van der Waals surface area contributed by atoms with Crippen molar-refractivity contribution in [3.05, 3.63) is 88.7 Å². The largest absolute Gasteiger partial charge is 0.489 e. The molecule has 0 radical (unpaired) electrons. The number of benzene rings is 2. The SMILES string of the molecule is Cc1ccnc(Cl)c1NCc1ccc(OCc2ccccc2)cc1. The molecule has 3 aromatic rings. The third-order valence-electron chi connectivity index (χ3n) is 3.75. The fourth-order valence-corrected chi connectivity index (χ4v) is 2.64. The van der Waals surface area contributed by atoms with Crippen LogP contribution >= 0.6 is 11.6 Å². The molecule has 0 bridgehead atoms. The van der Waals surface area contributed by atoms with Gasteiger partial charge in [-0.1, -0.05) is 54.1 Å². The standard InChI is InChI=1S/C20H19ClN2O/c1-15-11-12-22-20(21)19(15)23-13-16-7-9-18(10-8-16)24-14-17-5-3-2-4-6-17/h2-12,23H,13-14H2,1H3. The Hall–Kier alpha value is -2.52. The summed E-state index contributed by atoms with van der Waals surface area (Å²) in [5.41, 5.74) is 4.27. The van der Waals surface area contributed by atoms with Crippen LogP contribution in [0.4, 0.5) is 5.69 Å². The zero-order valence-electron chi connectivity index (χ0n) is 13.5. The Morgan fingerprint density at radius 2 is 1.71 bits per heavy atom. The second-order valence-corrected chi connectivity index (χ2v) is 5.92. The van der Waals surface area contributed by atoms with E-state index in [4.69, 9.17) is 16.3 Å². The quantitative estimate of drug-likeness (QED) is 0.624. The van der Waals surface area contributed by atoms with Gasteiger partial charge in [-0.25, -0.2) is 4.98 Å².